The average Bonchev–Trinajstić information content (AvgIpc) is 3.18. The fourth-order valence-corrected chi connectivity index (χ4v) is 2.83. The maximum Gasteiger partial charge on any atom is 0.291 e. The van der Waals surface area contributed by atoms with Crippen LogP contribution in [0.2, 0.25) is 0 Å². The van der Waals surface area contributed by atoms with Crippen LogP contribution in [0.4, 0.5) is 11.4 Å². The molecule has 138 valence electrons. The van der Waals surface area contributed by atoms with Gasteiger partial charge >= 0.3 is 0 Å². The third-order valence-electron chi connectivity index (χ3n) is 4.52. The Morgan fingerprint density at radius 1 is 1.15 bits per heavy atom. The molecule has 1 aromatic heterocycles. The summed E-state index contributed by atoms with van der Waals surface area (Å²) in [6, 6.07) is 17.0. The van der Waals surface area contributed by atoms with Crippen molar-refractivity contribution in [2.45, 2.75) is 26.2 Å². The van der Waals surface area contributed by atoms with Gasteiger partial charge in [-0.1, -0.05) is 44.2 Å². The molecule has 1 heterocycles. The van der Waals surface area contributed by atoms with Crippen molar-refractivity contribution in [3.05, 3.63) is 82.1 Å². The van der Waals surface area contributed by atoms with E-state index in [1.807, 2.05) is 24.3 Å². The van der Waals surface area contributed by atoms with Crippen LogP contribution >= 0.6 is 0 Å². The summed E-state index contributed by atoms with van der Waals surface area (Å²) < 4.78 is 5.63. The Hall–Kier alpha value is -3.41. The van der Waals surface area contributed by atoms with Crippen molar-refractivity contribution < 1.29 is 14.1 Å². The molecule has 2 aromatic carbocycles. The van der Waals surface area contributed by atoms with Crippen LogP contribution in [0.1, 0.15) is 42.3 Å². The highest BCUT2D eigenvalue weighted by Gasteiger charge is 2.16. The molecule has 27 heavy (non-hydrogen) atoms. The van der Waals surface area contributed by atoms with Gasteiger partial charge < -0.3 is 9.73 Å². The number of nitro groups is 1. The van der Waals surface area contributed by atoms with Crippen molar-refractivity contribution in [2.75, 3.05) is 5.32 Å². The molecule has 1 N–H and O–H groups in total. The number of anilines is 1. The highest BCUT2D eigenvalue weighted by molar-refractivity contribution is 6.03. The number of carbonyl (C=O) groups is 1. The van der Waals surface area contributed by atoms with Crippen molar-refractivity contribution in [1.29, 1.82) is 0 Å². The molecule has 6 heteroatoms. The number of hydrogen-bond acceptors (Lipinski definition) is 4. The number of benzene rings is 2. The summed E-state index contributed by atoms with van der Waals surface area (Å²) in [5, 5.41) is 13.8. The first kappa shape index (κ1) is 18.4. The van der Waals surface area contributed by atoms with Crippen LogP contribution in [0.25, 0.3) is 11.3 Å². The lowest BCUT2D eigenvalue weighted by Crippen LogP contribution is -2.13. The van der Waals surface area contributed by atoms with E-state index < -0.39 is 4.92 Å². The molecule has 0 unspecified atom stereocenters. The second-order valence-electron chi connectivity index (χ2n) is 6.32. The maximum absolute atomic E-state index is 12.6. The Labute approximate surface area is 157 Å². The summed E-state index contributed by atoms with van der Waals surface area (Å²) in [6.45, 7) is 4.21. The zero-order chi connectivity index (χ0) is 19.4. The molecule has 0 bridgehead atoms. The molecule has 0 radical (unpaired) electrons. The molecule has 0 spiro atoms. The first-order chi connectivity index (χ1) is 13.0. The molecule has 0 aliphatic rings. The number of hydrogen-bond donors (Lipinski definition) is 1. The van der Waals surface area contributed by atoms with Gasteiger partial charge in [0.2, 0.25) is 0 Å². The van der Waals surface area contributed by atoms with E-state index in [0.29, 0.717) is 17.2 Å². The number of nitrogens with zero attached hydrogens (tertiary/aromatic N) is 1. The van der Waals surface area contributed by atoms with E-state index in [0.717, 1.165) is 17.7 Å². The summed E-state index contributed by atoms with van der Waals surface area (Å²) in [4.78, 5) is 23.0. The summed E-state index contributed by atoms with van der Waals surface area (Å²) in [5.74, 6) is 0.510. The standard InChI is InChI=1S/C21H20N2O4/c1-3-14(2)17-9-4-5-10-18(17)22-21(24)20-12-11-19(27-20)15-7-6-8-16(13-15)23(25)26/h4-14H,3H2,1-2H3,(H,22,24)/t14-/m1/s1. The minimum absolute atomic E-state index is 0.0302. The van der Waals surface area contributed by atoms with Crippen LogP contribution < -0.4 is 5.32 Å². The van der Waals surface area contributed by atoms with E-state index in [1.54, 1.807) is 24.3 Å². The Balaban J connectivity index is 1.82. The summed E-state index contributed by atoms with van der Waals surface area (Å²) >= 11 is 0. The lowest BCUT2D eigenvalue weighted by atomic mass is 9.97. The van der Waals surface area contributed by atoms with Crippen LogP contribution in [0, 0.1) is 10.1 Å². The topological polar surface area (TPSA) is 85.4 Å². The maximum atomic E-state index is 12.6. The Morgan fingerprint density at radius 2 is 1.93 bits per heavy atom. The number of carbonyl (C=O) groups excluding carboxylic acids is 1. The van der Waals surface area contributed by atoms with Crippen LogP contribution in [-0.4, -0.2) is 10.8 Å². The zero-order valence-corrected chi connectivity index (χ0v) is 15.1. The third kappa shape index (κ3) is 4.06. The number of nitro benzene ring substituents is 1. The largest absolute Gasteiger partial charge is 0.451 e. The van der Waals surface area contributed by atoms with Gasteiger partial charge in [0.05, 0.1) is 4.92 Å². The Kier molecular flexibility index (Phi) is 5.35. The molecule has 0 aliphatic carbocycles. The molecule has 0 saturated carbocycles. The van der Waals surface area contributed by atoms with Gasteiger partial charge in [0.25, 0.3) is 11.6 Å². The van der Waals surface area contributed by atoms with E-state index >= 15 is 0 Å². The fourth-order valence-electron chi connectivity index (χ4n) is 2.83. The van der Waals surface area contributed by atoms with Crippen LogP contribution in [0.3, 0.4) is 0 Å². The molecular weight excluding hydrogens is 344 g/mol. The lowest BCUT2D eigenvalue weighted by Gasteiger charge is -2.15. The first-order valence-corrected chi connectivity index (χ1v) is 8.74. The number of furan rings is 1. The molecule has 6 nitrogen and oxygen atoms in total. The summed E-state index contributed by atoms with van der Waals surface area (Å²) in [6.07, 6.45) is 0.963. The van der Waals surface area contributed by atoms with E-state index in [4.69, 9.17) is 4.42 Å². The highest BCUT2D eigenvalue weighted by atomic mass is 16.6. The van der Waals surface area contributed by atoms with Crippen molar-refractivity contribution in [1.82, 2.24) is 0 Å². The summed E-state index contributed by atoms with van der Waals surface area (Å²) in [7, 11) is 0. The average molecular weight is 364 g/mol. The molecule has 0 aliphatic heterocycles. The van der Waals surface area contributed by atoms with Crippen molar-refractivity contribution in [3.8, 4) is 11.3 Å². The van der Waals surface area contributed by atoms with Gasteiger partial charge in [0.15, 0.2) is 5.76 Å². The molecular formula is C21H20N2O4. The number of non-ortho nitro benzene ring substituents is 1. The minimum Gasteiger partial charge on any atom is -0.451 e. The molecule has 1 atom stereocenters. The highest BCUT2D eigenvalue weighted by Crippen LogP contribution is 2.28. The smallest absolute Gasteiger partial charge is 0.291 e. The van der Waals surface area contributed by atoms with Gasteiger partial charge in [-0.25, -0.2) is 0 Å². The Bertz CT molecular complexity index is 978. The minimum atomic E-state index is -0.466. The van der Waals surface area contributed by atoms with Crippen molar-refractivity contribution in [2.24, 2.45) is 0 Å². The zero-order valence-electron chi connectivity index (χ0n) is 15.1. The quantitative estimate of drug-likeness (QED) is 0.454. The second kappa shape index (κ2) is 7.86. The van der Waals surface area contributed by atoms with Crippen molar-refractivity contribution in [3.63, 3.8) is 0 Å². The number of nitrogens with one attached hydrogen (secondary N) is 1. The van der Waals surface area contributed by atoms with Gasteiger partial charge in [-0.2, -0.15) is 0 Å². The van der Waals surface area contributed by atoms with E-state index in [2.05, 4.69) is 19.2 Å². The van der Waals surface area contributed by atoms with Crippen LogP contribution in [-0.2, 0) is 0 Å². The van der Waals surface area contributed by atoms with Crippen LogP contribution in [0.5, 0.6) is 0 Å². The third-order valence-corrected chi connectivity index (χ3v) is 4.52. The van der Waals surface area contributed by atoms with E-state index in [1.165, 1.54) is 12.1 Å². The van der Waals surface area contributed by atoms with Gasteiger partial charge in [-0.3, -0.25) is 14.9 Å². The Morgan fingerprint density at radius 3 is 2.67 bits per heavy atom. The number of rotatable bonds is 6. The van der Waals surface area contributed by atoms with E-state index in [-0.39, 0.29) is 17.4 Å². The number of amides is 1. The van der Waals surface area contributed by atoms with Crippen LogP contribution in [0.15, 0.2) is 65.1 Å². The molecule has 0 fully saturated rings. The monoisotopic (exact) mass is 364 g/mol. The van der Waals surface area contributed by atoms with Gasteiger partial charge in [0, 0.05) is 23.4 Å². The first-order valence-electron chi connectivity index (χ1n) is 8.74. The lowest BCUT2D eigenvalue weighted by molar-refractivity contribution is -0.384. The normalized spacial score (nSPS) is 11.8. The van der Waals surface area contributed by atoms with Crippen molar-refractivity contribution >= 4 is 17.3 Å². The predicted octanol–water partition coefficient (Wildman–Crippen LogP) is 5.62. The number of para-hydroxylation sites is 1. The molecule has 3 rings (SSSR count). The second-order valence-corrected chi connectivity index (χ2v) is 6.32. The molecule has 1 amide bonds. The van der Waals surface area contributed by atoms with Gasteiger partial charge in [0.1, 0.15) is 5.76 Å². The summed E-state index contributed by atoms with van der Waals surface area (Å²) in [5.41, 5.74) is 2.34. The SMILES string of the molecule is CC[C@@H](C)c1ccccc1NC(=O)c1ccc(-c2cccc([N+](=O)[O-])c2)o1. The van der Waals surface area contributed by atoms with Gasteiger partial charge in [-0.05, 0) is 36.1 Å². The predicted molar refractivity (Wildman–Crippen MR) is 104 cm³/mol. The van der Waals surface area contributed by atoms with Gasteiger partial charge in [-0.15, -0.1) is 0 Å². The molecule has 3 aromatic rings. The fraction of sp³-hybridized carbons (Fsp3) is 0.190. The van der Waals surface area contributed by atoms with E-state index in [9.17, 15) is 14.9 Å². The molecule has 0 saturated heterocycles.